The van der Waals surface area contributed by atoms with E-state index in [0.717, 1.165) is 5.56 Å². The molecule has 120 valence electrons. The lowest BCUT2D eigenvalue weighted by atomic mass is 10.1. The van der Waals surface area contributed by atoms with Crippen LogP contribution in [0.25, 0.3) is 0 Å². The van der Waals surface area contributed by atoms with Crippen LogP contribution >= 0.6 is 24.8 Å². The molecule has 0 bridgehead atoms. The summed E-state index contributed by atoms with van der Waals surface area (Å²) in [6.45, 7) is 2.78. The van der Waals surface area contributed by atoms with Crippen molar-refractivity contribution in [1.82, 2.24) is 10.2 Å². The molecule has 0 aromatic heterocycles. The highest BCUT2D eigenvalue weighted by Crippen LogP contribution is 2.26. The van der Waals surface area contributed by atoms with Crippen molar-refractivity contribution in [1.29, 1.82) is 0 Å². The smallest absolute Gasteiger partial charge is 0.241 e. The zero-order valence-electron chi connectivity index (χ0n) is 12.5. The number of hydrogen-bond acceptors (Lipinski definition) is 3. The van der Waals surface area contributed by atoms with Crippen LogP contribution < -0.4 is 11.1 Å². The van der Waals surface area contributed by atoms with E-state index in [1.54, 1.807) is 0 Å². The van der Waals surface area contributed by atoms with Crippen LogP contribution in [-0.4, -0.2) is 36.5 Å². The molecule has 1 aliphatic rings. The molecule has 2 atom stereocenters. The Hall–Kier alpha value is -0.810. The van der Waals surface area contributed by atoms with Crippen LogP contribution in [0.5, 0.6) is 0 Å². The Morgan fingerprint density at radius 3 is 2.43 bits per heavy atom. The average Bonchev–Trinajstić information content (AvgIpc) is 3.28. The molecule has 2 rings (SSSR count). The third-order valence-corrected chi connectivity index (χ3v) is 3.83. The first-order valence-electron chi connectivity index (χ1n) is 6.89. The van der Waals surface area contributed by atoms with Crippen LogP contribution in [0.4, 0.5) is 0 Å². The summed E-state index contributed by atoms with van der Waals surface area (Å²) in [7, 11) is 2.12. The molecule has 0 aliphatic heterocycles. The second-order valence-corrected chi connectivity index (χ2v) is 5.38. The first kappa shape index (κ1) is 20.2. The zero-order valence-corrected chi connectivity index (χ0v) is 14.1. The quantitative estimate of drug-likeness (QED) is 0.838. The first-order valence-corrected chi connectivity index (χ1v) is 6.89. The van der Waals surface area contributed by atoms with Crippen LogP contribution in [0.1, 0.15) is 31.4 Å². The van der Waals surface area contributed by atoms with E-state index in [2.05, 4.69) is 24.2 Å². The Balaban J connectivity index is 0.00000200. The summed E-state index contributed by atoms with van der Waals surface area (Å²) in [5, 5.41) is 2.94. The lowest BCUT2D eigenvalue weighted by Gasteiger charge is -2.25. The van der Waals surface area contributed by atoms with Crippen molar-refractivity contribution in [2.24, 2.45) is 5.73 Å². The highest BCUT2D eigenvalue weighted by atomic mass is 35.5. The summed E-state index contributed by atoms with van der Waals surface area (Å²) < 4.78 is 0. The molecule has 1 fully saturated rings. The topological polar surface area (TPSA) is 58.4 Å². The van der Waals surface area contributed by atoms with Gasteiger partial charge in [-0.1, -0.05) is 30.3 Å². The Kier molecular flexibility index (Phi) is 8.90. The summed E-state index contributed by atoms with van der Waals surface area (Å²) in [4.78, 5) is 14.3. The van der Waals surface area contributed by atoms with Crippen LogP contribution in [-0.2, 0) is 4.79 Å². The van der Waals surface area contributed by atoms with E-state index in [0.29, 0.717) is 18.6 Å². The van der Waals surface area contributed by atoms with Gasteiger partial charge < -0.3 is 11.1 Å². The van der Waals surface area contributed by atoms with Crippen molar-refractivity contribution in [3.05, 3.63) is 35.9 Å². The van der Waals surface area contributed by atoms with E-state index in [-0.39, 0.29) is 30.7 Å². The van der Waals surface area contributed by atoms with E-state index >= 15 is 0 Å². The molecule has 1 aliphatic carbocycles. The minimum Gasteiger partial charge on any atom is -0.353 e. The van der Waals surface area contributed by atoms with Gasteiger partial charge in [-0.05, 0) is 32.4 Å². The van der Waals surface area contributed by atoms with E-state index in [4.69, 9.17) is 5.73 Å². The molecule has 1 aromatic carbocycles. The summed E-state index contributed by atoms with van der Waals surface area (Å²) in [5.74, 6) is -0.109. The maximum absolute atomic E-state index is 12.0. The van der Waals surface area contributed by atoms with Gasteiger partial charge in [0.1, 0.15) is 6.04 Å². The SMILES string of the molecule is CC(CNC(=O)C(N)c1ccccc1)N(C)C1CC1.Cl.Cl. The number of halogens is 2. The molecule has 1 amide bonds. The molecule has 3 N–H and O–H groups in total. The molecule has 1 saturated carbocycles. The fourth-order valence-electron chi connectivity index (χ4n) is 2.16. The Morgan fingerprint density at radius 2 is 1.90 bits per heavy atom. The third-order valence-electron chi connectivity index (χ3n) is 3.83. The largest absolute Gasteiger partial charge is 0.353 e. The van der Waals surface area contributed by atoms with Gasteiger partial charge in [0.25, 0.3) is 0 Å². The molecule has 4 nitrogen and oxygen atoms in total. The number of benzene rings is 1. The summed E-state index contributed by atoms with van der Waals surface area (Å²) in [6, 6.07) is 9.93. The van der Waals surface area contributed by atoms with E-state index in [1.165, 1.54) is 12.8 Å². The average molecular weight is 334 g/mol. The van der Waals surface area contributed by atoms with Gasteiger partial charge in [-0.3, -0.25) is 9.69 Å². The summed E-state index contributed by atoms with van der Waals surface area (Å²) in [6.07, 6.45) is 2.55. The normalized spacial score (nSPS) is 16.4. The molecule has 1 aromatic rings. The maximum atomic E-state index is 12.0. The van der Waals surface area contributed by atoms with Crippen molar-refractivity contribution in [2.75, 3.05) is 13.6 Å². The minimum atomic E-state index is -0.584. The Morgan fingerprint density at radius 1 is 1.33 bits per heavy atom. The molecule has 0 spiro atoms. The molecular formula is C15H25Cl2N3O. The van der Waals surface area contributed by atoms with Crippen LogP contribution in [0.15, 0.2) is 30.3 Å². The molecule has 6 heteroatoms. The monoisotopic (exact) mass is 333 g/mol. The first-order chi connectivity index (χ1) is 9.09. The molecule has 0 saturated heterocycles. The maximum Gasteiger partial charge on any atom is 0.241 e. The molecule has 21 heavy (non-hydrogen) atoms. The van der Waals surface area contributed by atoms with Gasteiger partial charge in [0.05, 0.1) is 0 Å². The predicted molar refractivity (Wildman–Crippen MR) is 91.1 cm³/mol. The summed E-state index contributed by atoms with van der Waals surface area (Å²) >= 11 is 0. The van der Waals surface area contributed by atoms with Gasteiger partial charge in [-0.25, -0.2) is 0 Å². The number of rotatable bonds is 6. The highest BCUT2D eigenvalue weighted by Gasteiger charge is 2.29. The number of likely N-dealkylation sites (N-methyl/N-ethyl adjacent to an activating group) is 1. The van der Waals surface area contributed by atoms with E-state index < -0.39 is 6.04 Å². The van der Waals surface area contributed by atoms with Gasteiger partial charge in [0.2, 0.25) is 5.91 Å². The van der Waals surface area contributed by atoms with Crippen molar-refractivity contribution in [2.45, 2.75) is 37.9 Å². The highest BCUT2D eigenvalue weighted by molar-refractivity contribution is 5.85. The standard InChI is InChI=1S/C15H23N3O.2ClH/c1-11(18(2)13-8-9-13)10-17-15(19)14(16)12-6-4-3-5-7-12;;/h3-7,11,13-14H,8-10,16H2,1-2H3,(H,17,19);2*1H. The zero-order chi connectivity index (χ0) is 13.8. The Labute approximate surface area is 139 Å². The van der Waals surface area contributed by atoms with Crippen LogP contribution in [0.3, 0.4) is 0 Å². The van der Waals surface area contributed by atoms with Crippen molar-refractivity contribution in [3.8, 4) is 0 Å². The van der Waals surface area contributed by atoms with Crippen molar-refractivity contribution < 1.29 is 4.79 Å². The molecule has 2 unspecified atom stereocenters. The van der Waals surface area contributed by atoms with Crippen molar-refractivity contribution >= 4 is 30.7 Å². The van der Waals surface area contributed by atoms with Gasteiger partial charge in [-0.15, -0.1) is 24.8 Å². The second kappa shape index (κ2) is 9.26. The second-order valence-electron chi connectivity index (χ2n) is 5.38. The fraction of sp³-hybridized carbons (Fsp3) is 0.533. The van der Waals surface area contributed by atoms with Gasteiger partial charge in [0, 0.05) is 18.6 Å². The third kappa shape index (κ3) is 5.83. The number of nitrogens with zero attached hydrogens (tertiary/aromatic N) is 1. The molecule has 0 radical (unpaired) electrons. The predicted octanol–water partition coefficient (Wildman–Crippen LogP) is 2.13. The van der Waals surface area contributed by atoms with Gasteiger partial charge in [-0.2, -0.15) is 0 Å². The summed E-state index contributed by atoms with van der Waals surface area (Å²) in [5.41, 5.74) is 6.80. The number of amides is 1. The van der Waals surface area contributed by atoms with Crippen molar-refractivity contribution in [3.63, 3.8) is 0 Å². The number of carbonyl (C=O) groups excluding carboxylic acids is 1. The number of hydrogen-bond donors (Lipinski definition) is 2. The fourth-order valence-corrected chi connectivity index (χ4v) is 2.16. The number of carbonyl (C=O) groups is 1. The van der Waals surface area contributed by atoms with E-state index in [1.807, 2.05) is 30.3 Å². The lowest BCUT2D eigenvalue weighted by molar-refractivity contribution is -0.122. The minimum absolute atomic E-state index is 0. The van der Waals surface area contributed by atoms with Gasteiger partial charge >= 0.3 is 0 Å². The Bertz CT molecular complexity index is 426. The van der Waals surface area contributed by atoms with Crippen LogP contribution in [0, 0.1) is 0 Å². The molecule has 0 heterocycles. The van der Waals surface area contributed by atoms with Gasteiger partial charge in [0.15, 0.2) is 0 Å². The van der Waals surface area contributed by atoms with Crippen LogP contribution in [0.2, 0.25) is 0 Å². The molecular weight excluding hydrogens is 309 g/mol. The number of nitrogens with one attached hydrogen (secondary N) is 1. The number of nitrogens with two attached hydrogens (primary N) is 1. The van der Waals surface area contributed by atoms with E-state index in [9.17, 15) is 4.79 Å². The lowest BCUT2D eigenvalue weighted by Crippen LogP contribution is -2.43.